The molecule has 0 saturated heterocycles. The monoisotopic (exact) mass is 827 g/mol. The van der Waals surface area contributed by atoms with Gasteiger partial charge < -0.3 is 0 Å². The fourth-order valence-electron chi connectivity index (χ4n) is 10.5. The van der Waals surface area contributed by atoms with Gasteiger partial charge in [-0.05, 0) is 0 Å². The number of rotatable bonds is 7. The molecule has 9 aromatic rings. The van der Waals surface area contributed by atoms with E-state index in [9.17, 15) is 0 Å². The summed E-state index contributed by atoms with van der Waals surface area (Å²) in [6, 6.07) is 59.5. The van der Waals surface area contributed by atoms with E-state index in [1.165, 1.54) is 17.6 Å². The number of anilines is 2. The van der Waals surface area contributed by atoms with Crippen molar-refractivity contribution in [3.05, 3.63) is 182 Å². The zero-order valence-corrected chi connectivity index (χ0v) is 35.3. The molecule has 1 aliphatic carbocycles. The summed E-state index contributed by atoms with van der Waals surface area (Å²) in [6.45, 7) is 4.74. The molecular formula is C51H43GeN7. The first-order valence-corrected chi connectivity index (χ1v) is 24.8. The molecule has 0 amide bonds. The zero-order chi connectivity index (χ0) is 39.6. The van der Waals surface area contributed by atoms with Crippen LogP contribution in [0.1, 0.15) is 45.2 Å². The molecule has 1 saturated carbocycles. The van der Waals surface area contributed by atoms with Crippen LogP contribution < -0.4 is 22.5 Å². The minimum absolute atomic E-state index is 0.188. The van der Waals surface area contributed by atoms with E-state index in [1.54, 1.807) is 6.33 Å². The van der Waals surface area contributed by atoms with Crippen LogP contribution in [0, 0.1) is 0 Å². The third-order valence-electron chi connectivity index (χ3n) is 13.5. The summed E-state index contributed by atoms with van der Waals surface area (Å²) >= 11 is -3.48. The van der Waals surface area contributed by atoms with Gasteiger partial charge in [-0.1, -0.05) is 0 Å². The van der Waals surface area contributed by atoms with Crippen molar-refractivity contribution in [2.45, 2.75) is 50.5 Å². The number of hydrogen-bond acceptors (Lipinski definition) is 6. The average molecular weight is 827 g/mol. The standard InChI is InChI=1S/C51H43GeN7/c1-50-32-16-17-33-51(50,2)59(45-34-53-35-54-46(45)50)49-56-47(55-48(57-49)58-43-26-14-12-24-41(43)42-25-13-15-27-44(42)58)36-28-30-40(31-29-36)52(37-18-6-3-7-19-37,38-20-8-4-9-21-38)39-22-10-5-11-23-39/h3-15,18-31,34-35H,16-17,32-33H2,1-2H3. The summed E-state index contributed by atoms with van der Waals surface area (Å²) in [5, 5.41) is 2.32. The van der Waals surface area contributed by atoms with E-state index in [4.69, 9.17) is 19.9 Å². The van der Waals surface area contributed by atoms with E-state index < -0.39 is 13.3 Å². The quantitative estimate of drug-likeness (QED) is 0.150. The van der Waals surface area contributed by atoms with Crippen molar-refractivity contribution in [2.24, 2.45) is 0 Å². The molecular weight excluding hydrogens is 783 g/mol. The molecule has 2 unspecified atom stereocenters. The second kappa shape index (κ2) is 13.8. The second-order valence-electron chi connectivity index (χ2n) is 16.5. The number of aromatic nitrogens is 6. The Labute approximate surface area is 346 Å². The average Bonchev–Trinajstić information content (AvgIpc) is 3.74. The van der Waals surface area contributed by atoms with E-state index in [0.717, 1.165) is 64.4 Å². The van der Waals surface area contributed by atoms with E-state index in [1.807, 2.05) is 6.20 Å². The van der Waals surface area contributed by atoms with Crippen LogP contribution in [-0.4, -0.2) is 48.3 Å². The van der Waals surface area contributed by atoms with Crippen molar-refractivity contribution in [3.63, 3.8) is 0 Å². The molecule has 7 nitrogen and oxygen atoms in total. The third kappa shape index (κ3) is 5.30. The normalized spacial score (nSPS) is 18.8. The maximum absolute atomic E-state index is 5.45. The first-order valence-electron chi connectivity index (χ1n) is 20.6. The van der Waals surface area contributed by atoms with Crippen LogP contribution in [0.5, 0.6) is 0 Å². The molecule has 59 heavy (non-hydrogen) atoms. The van der Waals surface area contributed by atoms with Crippen LogP contribution in [0.25, 0.3) is 39.1 Å². The van der Waals surface area contributed by atoms with E-state index in [0.29, 0.717) is 17.7 Å². The van der Waals surface area contributed by atoms with Crippen molar-refractivity contribution in [3.8, 4) is 17.3 Å². The Hall–Kier alpha value is -6.45. The summed E-state index contributed by atoms with van der Waals surface area (Å²) in [5.74, 6) is 1.83. The first kappa shape index (κ1) is 35.7. The Morgan fingerprint density at radius 2 is 1.03 bits per heavy atom. The zero-order valence-electron chi connectivity index (χ0n) is 33.2. The Morgan fingerprint density at radius 3 is 1.63 bits per heavy atom. The van der Waals surface area contributed by atoms with Gasteiger partial charge in [-0.15, -0.1) is 0 Å². The van der Waals surface area contributed by atoms with Crippen molar-refractivity contribution >= 4 is 64.3 Å². The van der Waals surface area contributed by atoms with Crippen LogP contribution >= 0.6 is 0 Å². The number of hydrogen-bond donors (Lipinski definition) is 0. The molecule has 286 valence electrons. The Balaban J connectivity index is 1.15. The van der Waals surface area contributed by atoms with Crippen LogP contribution in [0.15, 0.2) is 176 Å². The topological polar surface area (TPSA) is 72.6 Å². The number of nitrogens with zero attached hydrogens (tertiary/aromatic N) is 7. The van der Waals surface area contributed by atoms with Crippen molar-refractivity contribution < 1.29 is 0 Å². The molecule has 1 fully saturated rings. The van der Waals surface area contributed by atoms with Crippen LogP contribution in [0.2, 0.25) is 0 Å². The molecule has 6 aromatic carbocycles. The van der Waals surface area contributed by atoms with Crippen LogP contribution in [0.4, 0.5) is 11.6 Å². The van der Waals surface area contributed by atoms with Gasteiger partial charge in [-0.2, -0.15) is 0 Å². The molecule has 3 aromatic heterocycles. The Morgan fingerprint density at radius 1 is 0.525 bits per heavy atom. The first-order chi connectivity index (χ1) is 29.0. The molecule has 1 aliphatic heterocycles. The fraction of sp³-hybridized carbons (Fsp3) is 0.157. The van der Waals surface area contributed by atoms with Crippen molar-refractivity contribution in [2.75, 3.05) is 4.90 Å². The number of para-hydroxylation sites is 2. The number of benzene rings is 6. The van der Waals surface area contributed by atoms with Gasteiger partial charge in [-0.3, -0.25) is 0 Å². The number of fused-ring (bicyclic) bond motifs is 6. The molecule has 2 atom stereocenters. The Kier molecular flexibility index (Phi) is 8.38. The predicted octanol–water partition coefficient (Wildman–Crippen LogP) is 8.55. The van der Waals surface area contributed by atoms with E-state index in [-0.39, 0.29) is 11.0 Å². The molecule has 0 spiro atoms. The third-order valence-corrected chi connectivity index (χ3v) is 23.6. The van der Waals surface area contributed by atoms with Gasteiger partial charge in [0.05, 0.1) is 0 Å². The van der Waals surface area contributed by atoms with Crippen molar-refractivity contribution in [1.29, 1.82) is 0 Å². The van der Waals surface area contributed by atoms with Gasteiger partial charge in [0.15, 0.2) is 0 Å². The molecule has 0 radical (unpaired) electrons. The van der Waals surface area contributed by atoms with Crippen LogP contribution in [0.3, 0.4) is 0 Å². The van der Waals surface area contributed by atoms with Crippen LogP contribution in [-0.2, 0) is 5.41 Å². The van der Waals surface area contributed by atoms with E-state index in [2.05, 4.69) is 192 Å². The van der Waals surface area contributed by atoms with Gasteiger partial charge in [0.25, 0.3) is 0 Å². The van der Waals surface area contributed by atoms with Gasteiger partial charge in [0.2, 0.25) is 0 Å². The summed E-state index contributed by atoms with van der Waals surface area (Å²) in [5.41, 5.74) is 4.60. The van der Waals surface area contributed by atoms with E-state index >= 15 is 0 Å². The maximum atomic E-state index is 5.45. The second-order valence-corrected chi connectivity index (χ2v) is 24.5. The molecule has 8 heteroatoms. The Bertz CT molecular complexity index is 2840. The fourth-order valence-corrected chi connectivity index (χ4v) is 20.4. The van der Waals surface area contributed by atoms with Gasteiger partial charge in [0, 0.05) is 0 Å². The van der Waals surface area contributed by atoms with Crippen molar-refractivity contribution in [1.82, 2.24) is 29.5 Å². The summed E-state index contributed by atoms with van der Waals surface area (Å²) in [7, 11) is 0. The molecule has 2 aliphatic rings. The molecule has 4 heterocycles. The van der Waals surface area contributed by atoms with Gasteiger partial charge >= 0.3 is 349 Å². The summed E-state index contributed by atoms with van der Waals surface area (Å²) in [6.07, 6.45) is 7.97. The predicted molar refractivity (Wildman–Crippen MR) is 242 cm³/mol. The minimum atomic E-state index is -3.48. The molecule has 11 rings (SSSR count). The molecule has 0 bridgehead atoms. The molecule has 0 N–H and O–H groups in total. The summed E-state index contributed by atoms with van der Waals surface area (Å²) in [4.78, 5) is 28.1. The van der Waals surface area contributed by atoms with Gasteiger partial charge in [-0.25, -0.2) is 0 Å². The van der Waals surface area contributed by atoms with Gasteiger partial charge in [0.1, 0.15) is 0 Å². The summed E-state index contributed by atoms with van der Waals surface area (Å²) < 4.78 is 7.69. The SMILES string of the molecule is CC12CCCCC1(C)N(c1nc(-c3cc[c]([Ge]([c]4ccccc4)([c]4ccccc4)[c]4ccccc4)cc3)nc(-n3c4ccccc4c4ccccc43)n1)c1cncnc12.